The van der Waals surface area contributed by atoms with Crippen molar-refractivity contribution >= 4 is 11.7 Å². The van der Waals surface area contributed by atoms with E-state index >= 15 is 0 Å². The van der Waals surface area contributed by atoms with E-state index in [1.165, 1.54) is 25.6 Å². The highest BCUT2D eigenvalue weighted by Crippen LogP contribution is 2.34. The number of carbonyl (C=O) groups is 1. The Labute approximate surface area is 237 Å². The lowest BCUT2D eigenvalue weighted by Crippen LogP contribution is -2.48. The number of hydrogen-bond acceptors (Lipinski definition) is 9. The zero-order valence-corrected chi connectivity index (χ0v) is 23.3. The molecule has 1 aromatic carbocycles. The van der Waals surface area contributed by atoms with Gasteiger partial charge < -0.3 is 34.1 Å². The number of alkyl halides is 3. The van der Waals surface area contributed by atoms with Crippen LogP contribution in [0.5, 0.6) is 11.5 Å². The normalized spacial score (nSPS) is 21.9. The maximum Gasteiger partial charge on any atom is 0.573 e. The predicted molar refractivity (Wildman–Crippen MR) is 143 cm³/mol. The van der Waals surface area contributed by atoms with Crippen LogP contribution in [0.3, 0.4) is 0 Å². The highest BCUT2D eigenvalue weighted by Gasteiger charge is 2.33. The molecule has 1 N–H and O–H groups in total. The lowest BCUT2D eigenvalue weighted by Gasteiger charge is -2.35. The maximum absolute atomic E-state index is 13.5. The number of piperidine rings is 1. The fraction of sp³-hybridized carbons (Fsp3) is 0.607. The van der Waals surface area contributed by atoms with Gasteiger partial charge in [0, 0.05) is 58.4 Å². The van der Waals surface area contributed by atoms with Gasteiger partial charge >= 0.3 is 6.36 Å². The minimum Gasteiger partial charge on any atom is -0.491 e. The number of anilines is 1. The molecule has 2 atom stereocenters. The largest absolute Gasteiger partial charge is 0.573 e. The third kappa shape index (κ3) is 7.02. The minimum atomic E-state index is -4.77. The molecule has 2 saturated heterocycles. The molecule has 224 valence electrons. The number of ether oxygens (including phenoxy) is 4. The molecule has 3 aliphatic heterocycles. The lowest BCUT2D eigenvalue weighted by atomic mass is 9.95. The van der Waals surface area contributed by atoms with Gasteiger partial charge in [-0.25, -0.2) is 9.97 Å². The Morgan fingerprint density at radius 3 is 2.66 bits per heavy atom. The molecular formula is C28H36F3N5O5. The number of likely N-dealkylation sites (tertiary alicyclic amines) is 1. The van der Waals surface area contributed by atoms with Crippen molar-refractivity contribution in [3.8, 4) is 11.5 Å². The van der Waals surface area contributed by atoms with Crippen molar-refractivity contribution in [3.05, 3.63) is 41.3 Å². The first-order valence-corrected chi connectivity index (χ1v) is 13.9. The van der Waals surface area contributed by atoms with Gasteiger partial charge in [-0.15, -0.1) is 13.2 Å². The smallest absolute Gasteiger partial charge is 0.491 e. The summed E-state index contributed by atoms with van der Waals surface area (Å²) in [5.74, 6) is 0.592. The summed E-state index contributed by atoms with van der Waals surface area (Å²) in [7, 11) is 3.18. The van der Waals surface area contributed by atoms with Gasteiger partial charge in [-0.2, -0.15) is 0 Å². The molecule has 4 heterocycles. The first-order valence-electron chi connectivity index (χ1n) is 13.9. The molecule has 0 spiro atoms. The number of hydrogen-bond donors (Lipinski definition) is 1. The summed E-state index contributed by atoms with van der Waals surface area (Å²) in [5, 5.41) is 3.65. The Bertz CT molecular complexity index is 1210. The Balaban J connectivity index is 1.22. The number of benzene rings is 1. The molecule has 2 fully saturated rings. The van der Waals surface area contributed by atoms with Crippen LogP contribution in [-0.2, 0) is 22.4 Å². The highest BCUT2D eigenvalue weighted by molar-refractivity contribution is 5.96. The SMILES string of the molecule is COc1c(C(=O)N2CCC(NCC3CCOCC3OC)CC2)ncnc1N1CCc2ccc(OC(F)(F)F)cc2C1. The van der Waals surface area contributed by atoms with Crippen molar-refractivity contribution in [2.75, 3.05) is 58.5 Å². The van der Waals surface area contributed by atoms with Crippen LogP contribution < -0.4 is 19.7 Å². The minimum absolute atomic E-state index is 0.0981. The zero-order valence-electron chi connectivity index (χ0n) is 23.3. The quantitative estimate of drug-likeness (QED) is 0.506. The van der Waals surface area contributed by atoms with Crippen molar-refractivity contribution in [2.24, 2.45) is 5.92 Å². The summed E-state index contributed by atoms with van der Waals surface area (Å²) in [4.78, 5) is 25.9. The fourth-order valence-electron chi connectivity index (χ4n) is 5.85. The number of nitrogens with one attached hydrogen (secondary N) is 1. The summed E-state index contributed by atoms with van der Waals surface area (Å²) in [5.41, 5.74) is 1.80. The Morgan fingerprint density at radius 2 is 1.93 bits per heavy atom. The van der Waals surface area contributed by atoms with E-state index in [4.69, 9.17) is 14.2 Å². The standard InChI is InChI=1S/C28H36F3N5O5/c1-38-23-16-40-12-8-19(23)14-32-21-6-10-35(11-7-21)27(37)24-25(39-2)26(34-17-33-24)36-9-5-18-3-4-22(13-20(18)15-36)41-28(29,30)31/h3-4,13,17,19,21,23,32H,5-12,14-16H2,1-2H3. The van der Waals surface area contributed by atoms with Crippen LogP contribution in [0.15, 0.2) is 24.5 Å². The molecule has 2 aromatic rings. The monoisotopic (exact) mass is 579 g/mol. The third-order valence-corrected chi connectivity index (χ3v) is 8.11. The number of nitrogens with zero attached hydrogens (tertiary/aromatic N) is 4. The third-order valence-electron chi connectivity index (χ3n) is 8.11. The van der Waals surface area contributed by atoms with Crippen LogP contribution in [-0.4, -0.2) is 92.9 Å². The van der Waals surface area contributed by atoms with Gasteiger partial charge in [-0.1, -0.05) is 6.07 Å². The summed E-state index contributed by atoms with van der Waals surface area (Å²) in [6.07, 6.45) is -0.146. The molecule has 3 aliphatic rings. The molecule has 1 amide bonds. The van der Waals surface area contributed by atoms with Gasteiger partial charge in [-0.3, -0.25) is 4.79 Å². The van der Waals surface area contributed by atoms with Crippen LogP contribution in [0, 0.1) is 5.92 Å². The van der Waals surface area contributed by atoms with Gasteiger partial charge in [-0.05, 0) is 48.9 Å². The summed E-state index contributed by atoms with van der Waals surface area (Å²) < 4.78 is 59.0. The second-order valence-electron chi connectivity index (χ2n) is 10.6. The van der Waals surface area contributed by atoms with E-state index in [0.717, 1.165) is 38.0 Å². The van der Waals surface area contributed by atoms with Crippen molar-refractivity contribution in [3.63, 3.8) is 0 Å². The molecule has 13 heteroatoms. The van der Waals surface area contributed by atoms with Crippen LogP contribution >= 0.6 is 0 Å². The van der Waals surface area contributed by atoms with E-state index in [1.807, 2.05) is 4.90 Å². The van der Waals surface area contributed by atoms with E-state index in [0.29, 0.717) is 62.5 Å². The Morgan fingerprint density at radius 1 is 1.12 bits per heavy atom. The average molecular weight is 580 g/mol. The molecule has 0 radical (unpaired) electrons. The number of methoxy groups -OCH3 is 2. The second kappa shape index (κ2) is 12.8. The molecule has 0 aliphatic carbocycles. The first kappa shape index (κ1) is 29.3. The summed E-state index contributed by atoms with van der Waals surface area (Å²) in [6, 6.07) is 4.67. The van der Waals surface area contributed by atoms with E-state index in [1.54, 1.807) is 18.1 Å². The van der Waals surface area contributed by atoms with E-state index in [9.17, 15) is 18.0 Å². The number of fused-ring (bicyclic) bond motifs is 1. The van der Waals surface area contributed by atoms with Gasteiger partial charge in [0.05, 0.1) is 19.8 Å². The van der Waals surface area contributed by atoms with Gasteiger partial charge in [0.2, 0.25) is 0 Å². The Hall–Kier alpha value is -3.16. The summed E-state index contributed by atoms with van der Waals surface area (Å²) >= 11 is 0. The molecular weight excluding hydrogens is 543 g/mol. The van der Waals surface area contributed by atoms with Crippen molar-refractivity contribution in [1.82, 2.24) is 20.2 Å². The Kier molecular flexibility index (Phi) is 9.15. The van der Waals surface area contributed by atoms with Crippen LogP contribution in [0.25, 0.3) is 0 Å². The van der Waals surface area contributed by atoms with Gasteiger partial charge in [0.15, 0.2) is 17.3 Å². The van der Waals surface area contributed by atoms with Crippen LogP contribution in [0.1, 0.15) is 40.9 Å². The van der Waals surface area contributed by atoms with E-state index < -0.39 is 6.36 Å². The first-order chi connectivity index (χ1) is 19.8. The summed E-state index contributed by atoms with van der Waals surface area (Å²) in [6.45, 7) is 4.24. The van der Waals surface area contributed by atoms with Crippen molar-refractivity contribution < 1.29 is 36.9 Å². The number of halogens is 3. The van der Waals surface area contributed by atoms with Crippen LogP contribution in [0.2, 0.25) is 0 Å². The number of amides is 1. The molecule has 0 bridgehead atoms. The van der Waals surface area contributed by atoms with Crippen molar-refractivity contribution in [1.29, 1.82) is 0 Å². The predicted octanol–water partition coefficient (Wildman–Crippen LogP) is 3.19. The molecule has 41 heavy (non-hydrogen) atoms. The van der Waals surface area contributed by atoms with Crippen molar-refractivity contribution in [2.45, 2.75) is 50.7 Å². The number of rotatable bonds is 8. The molecule has 10 nitrogen and oxygen atoms in total. The van der Waals surface area contributed by atoms with E-state index in [-0.39, 0.29) is 29.2 Å². The number of aromatic nitrogens is 2. The highest BCUT2D eigenvalue weighted by atomic mass is 19.4. The topological polar surface area (TPSA) is 98.3 Å². The van der Waals surface area contributed by atoms with E-state index in [2.05, 4.69) is 20.0 Å². The fourth-order valence-corrected chi connectivity index (χ4v) is 5.85. The molecule has 1 aromatic heterocycles. The molecule has 5 rings (SSSR count). The lowest BCUT2D eigenvalue weighted by molar-refractivity contribution is -0.274. The molecule has 2 unspecified atom stereocenters. The number of carbonyl (C=O) groups excluding carboxylic acids is 1. The average Bonchev–Trinajstić information content (AvgIpc) is 2.98. The molecule has 0 saturated carbocycles. The second-order valence-corrected chi connectivity index (χ2v) is 10.6. The van der Waals surface area contributed by atoms with Crippen LogP contribution in [0.4, 0.5) is 19.0 Å². The van der Waals surface area contributed by atoms with Gasteiger partial charge in [0.25, 0.3) is 5.91 Å². The van der Waals surface area contributed by atoms with Gasteiger partial charge in [0.1, 0.15) is 12.1 Å². The maximum atomic E-state index is 13.5. The zero-order chi connectivity index (χ0) is 29.0.